The Balaban J connectivity index is 4.43. The van der Waals surface area contributed by atoms with Crippen molar-refractivity contribution in [1.82, 2.24) is 5.32 Å². The first-order valence-electron chi connectivity index (χ1n) is 4.51. The van der Waals surface area contributed by atoms with E-state index in [1.807, 2.05) is 20.8 Å². The van der Waals surface area contributed by atoms with Gasteiger partial charge >= 0.3 is 0 Å². The average Bonchev–Trinajstić information content (AvgIpc) is 1.83. The van der Waals surface area contributed by atoms with Crippen molar-refractivity contribution in [3.05, 3.63) is 0 Å². The summed E-state index contributed by atoms with van der Waals surface area (Å²) in [6.07, 6.45) is 0. The van der Waals surface area contributed by atoms with Crippen molar-refractivity contribution in [1.29, 1.82) is 0 Å². The van der Waals surface area contributed by atoms with Crippen molar-refractivity contribution in [3.8, 4) is 0 Å². The molecule has 4 N–H and O–H groups in total. The minimum atomic E-state index is -0.846. The van der Waals surface area contributed by atoms with Gasteiger partial charge in [-0.05, 0) is 34.6 Å². The third-order valence-corrected chi connectivity index (χ3v) is 2.30. The topological polar surface area (TPSA) is 70.6 Å². The van der Waals surface area contributed by atoms with Gasteiger partial charge in [-0.1, -0.05) is 0 Å². The highest BCUT2D eigenvalue weighted by Gasteiger charge is 2.35. The van der Waals surface area contributed by atoms with E-state index in [1.54, 1.807) is 13.8 Å². The van der Waals surface area contributed by atoms with Crippen LogP contribution in [0.1, 0.15) is 34.6 Å². The molecule has 0 aliphatic carbocycles. The predicted octanol–water partition coefficient (Wildman–Crippen LogP) is 0.460. The maximum Gasteiger partial charge on any atom is 0.189 e. The summed E-state index contributed by atoms with van der Waals surface area (Å²) in [6, 6.07) is 0. The number of nitrogens with zero attached hydrogens (tertiary/aromatic N) is 1. The summed E-state index contributed by atoms with van der Waals surface area (Å²) in [6.45, 7) is 9.78. The Morgan fingerprint density at radius 2 is 1.85 bits per heavy atom. The Morgan fingerprint density at radius 1 is 1.38 bits per heavy atom. The van der Waals surface area contributed by atoms with E-state index < -0.39 is 11.1 Å². The van der Waals surface area contributed by atoms with E-state index in [0.29, 0.717) is 12.5 Å². The zero-order valence-electron chi connectivity index (χ0n) is 9.18. The average molecular weight is 187 g/mol. The van der Waals surface area contributed by atoms with Crippen molar-refractivity contribution in [2.45, 2.75) is 45.8 Å². The van der Waals surface area contributed by atoms with Crippen LogP contribution in [0.4, 0.5) is 0 Å². The van der Waals surface area contributed by atoms with Crippen molar-refractivity contribution < 1.29 is 5.11 Å². The summed E-state index contributed by atoms with van der Waals surface area (Å²) >= 11 is 0. The molecule has 0 amide bonds. The molecule has 0 atom stereocenters. The number of hydrogen-bond acceptors (Lipinski definition) is 2. The Morgan fingerprint density at radius 3 is 2.15 bits per heavy atom. The summed E-state index contributed by atoms with van der Waals surface area (Å²) in [7, 11) is 0. The first-order valence-corrected chi connectivity index (χ1v) is 4.51. The minimum absolute atomic E-state index is 0.370. The molecule has 0 aromatic heterocycles. The number of aliphatic hydroxyl groups is 1. The van der Waals surface area contributed by atoms with E-state index in [-0.39, 0.29) is 0 Å². The van der Waals surface area contributed by atoms with Crippen LogP contribution in [0.15, 0.2) is 4.99 Å². The molecular weight excluding hydrogens is 166 g/mol. The van der Waals surface area contributed by atoms with E-state index >= 15 is 0 Å². The fourth-order valence-corrected chi connectivity index (χ4v) is 0.683. The second-order valence-electron chi connectivity index (χ2n) is 4.17. The lowest BCUT2D eigenvalue weighted by Crippen LogP contribution is -2.59. The van der Waals surface area contributed by atoms with Crippen LogP contribution in [0.25, 0.3) is 0 Å². The Bertz CT molecular complexity index is 192. The Labute approximate surface area is 80.2 Å². The molecule has 0 aliphatic heterocycles. The fraction of sp³-hybridized carbons (Fsp3) is 0.889. The van der Waals surface area contributed by atoms with Crippen LogP contribution in [-0.2, 0) is 0 Å². The fourth-order valence-electron chi connectivity index (χ4n) is 0.683. The molecule has 0 unspecified atom stereocenters. The van der Waals surface area contributed by atoms with Gasteiger partial charge in [-0.3, -0.25) is 4.99 Å². The summed E-state index contributed by atoms with van der Waals surface area (Å²) in [5.41, 5.74) is 4.26. The molecule has 0 spiro atoms. The van der Waals surface area contributed by atoms with Crippen molar-refractivity contribution in [3.63, 3.8) is 0 Å². The maximum atomic E-state index is 9.79. The highest BCUT2D eigenvalue weighted by Crippen LogP contribution is 2.19. The molecule has 4 heteroatoms. The van der Waals surface area contributed by atoms with Crippen molar-refractivity contribution in [2.24, 2.45) is 10.7 Å². The first kappa shape index (κ1) is 12.2. The molecule has 4 nitrogen and oxygen atoms in total. The lowest BCUT2D eigenvalue weighted by atomic mass is 9.86. The predicted molar refractivity (Wildman–Crippen MR) is 55.7 cm³/mol. The highest BCUT2D eigenvalue weighted by atomic mass is 16.3. The number of nitrogens with one attached hydrogen (secondary N) is 1. The lowest BCUT2D eigenvalue weighted by molar-refractivity contribution is 0.00449. The van der Waals surface area contributed by atoms with Gasteiger partial charge in [-0.15, -0.1) is 0 Å². The number of rotatable bonds is 3. The summed E-state index contributed by atoms with van der Waals surface area (Å²) in [4.78, 5) is 4.00. The lowest BCUT2D eigenvalue weighted by Gasteiger charge is -2.38. The van der Waals surface area contributed by atoms with Crippen LogP contribution < -0.4 is 11.1 Å². The largest absolute Gasteiger partial charge is 0.388 e. The molecule has 0 rings (SSSR count). The van der Waals surface area contributed by atoms with Gasteiger partial charge in [0.15, 0.2) is 5.96 Å². The summed E-state index contributed by atoms with van der Waals surface area (Å²) in [5.74, 6) is 0.370. The number of hydrogen-bond donors (Lipinski definition) is 3. The van der Waals surface area contributed by atoms with Crippen LogP contribution in [0.2, 0.25) is 0 Å². The smallest absolute Gasteiger partial charge is 0.189 e. The molecule has 78 valence electrons. The van der Waals surface area contributed by atoms with Crippen LogP contribution >= 0.6 is 0 Å². The quantitative estimate of drug-likeness (QED) is 0.444. The normalized spacial score (nSPS) is 14.5. The van der Waals surface area contributed by atoms with Crippen LogP contribution in [0.3, 0.4) is 0 Å². The van der Waals surface area contributed by atoms with Gasteiger partial charge in [0.25, 0.3) is 0 Å². The third-order valence-electron chi connectivity index (χ3n) is 2.30. The molecule has 0 aliphatic rings. The summed E-state index contributed by atoms with van der Waals surface area (Å²) < 4.78 is 0. The Hall–Kier alpha value is -0.770. The number of aliphatic imine (C=N–C) groups is 1. The van der Waals surface area contributed by atoms with Crippen LogP contribution in [0, 0.1) is 0 Å². The van der Waals surface area contributed by atoms with Gasteiger partial charge in [0.2, 0.25) is 0 Å². The molecule has 0 aromatic rings. The van der Waals surface area contributed by atoms with Gasteiger partial charge in [-0.2, -0.15) is 0 Å². The van der Waals surface area contributed by atoms with Gasteiger partial charge in [0.1, 0.15) is 0 Å². The standard InChI is InChI=1S/C9H21N3O/c1-6-11-7(10)12-8(2,3)9(4,5)13/h13H,6H2,1-5H3,(H3,10,11,12). The van der Waals surface area contributed by atoms with E-state index in [9.17, 15) is 5.11 Å². The molecule has 13 heavy (non-hydrogen) atoms. The van der Waals surface area contributed by atoms with Gasteiger partial charge in [0.05, 0.1) is 11.1 Å². The van der Waals surface area contributed by atoms with Crippen LogP contribution in [0.5, 0.6) is 0 Å². The number of nitrogens with two attached hydrogens (primary N) is 1. The molecule has 0 aromatic carbocycles. The van der Waals surface area contributed by atoms with Crippen LogP contribution in [-0.4, -0.2) is 28.8 Å². The zero-order valence-corrected chi connectivity index (χ0v) is 9.18. The highest BCUT2D eigenvalue weighted by molar-refractivity contribution is 5.78. The first-order chi connectivity index (χ1) is 5.70. The molecule has 0 fully saturated rings. The monoisotopic (exact) mass is 187 g/mol. The van der Waals surface area contributed by atoms with Gasteiger partial charge in [0, 0.05) is 6.54 Å². The van der Waals surface area contributed by atoms with E-state index in [2.05, 4.69) is 10.3 Å². The second-order valence-corrected chi connectivity index (χ2v) is 4.17. The third kappa shape index (κ3) is 3.63. The van der Waals surface area contributed by atoms with Crippen molar-refractivity contribution >= 4 is 5.96 Å². The molecule has 0 heterocycles. The minimum Gasteiger partial charge on any atom is -0.388 e. The van der Waals surface area contributed by atoms with E-state index in [1.165, 1.54) is 0 Å². The van der Waals surface area contributed by atoms with Crippen molar-refractivity contribution in [2.75, 3.05) is 6.54 Å². The molecular formula is C9H21N3O. The second kappa shape index (κ2) is 3.96. The zero-order chi connectivity index (χ0) is 10.7. The van der Waals surface area contributed by atoms with Gasteiger partial charge < -0.3 is 16.2 Å². The molecule has 0 saturated carbocycles. The molecule has 0 saturated heterocycles. The Kier molecular flexibility index (Phi) is 3.72. The SMILES string of the molecule is CCN=C(N)NC(C)(C)C(C)(C)O. The maximum absolute atomic E-state index is 9.79. The van der Waals surface area contributed by atoms with E-state index in [0.717, 1.165) is 0 Å². The van der Waals surface area contributed by atoms with Gasteiger partial charge in [-0.25, -0.2) is 0 Å². The molecule has 0 bridgehead atoms. The number of guanidine groups is 1. The van der Waals surface area contributed by atoms with E-state index in [4.69, 9.17) is 5.73 Å². The molecule has 0 radical (unpaired) electrons. The summed E-state index contributed by atoms with van der Waals surface area (Å²) in [5, 5.41) is 12.8.